The van der Waals surface area contributed by atoms with Gasteiger partial charge in [-0.3, -0.25) is 4.99 Å². The number of hydrogen-bond donors (Lipinski definition) is 3. The highest BCUT2D eigenvalue weighted by Crippen LogP contribution is 2.37. The fourth-order valence-corrected chi connectivity index (χ4v) is 3.29. The van der Waals surface area contributed by atoms with Gasteiger partial charge in [-0.2, -0.15) is 13.2 Å². The first kappa shape index (κ1) is 14.9. The normalized spacial score (nSPS) is 38.9. The van der Waals surface area contributed by atoms with Crippen LogP contribution >= 0.6 is 11.8 Å². The highest BCUT2D eigenvalue weighted by molar-refractivity contribution is 8.14. The van der Waals surface area contributed by atoms with Crippen LogP contribution < -0.4 is 5.32 Å². The zero-order chi connectivity index (χ0) is 14.2. The fourth-order valence-electron chi connectivity index (χ4n) is 2.07. The van der Waals surface area contributed by atoms with Crippen molar-refractivity contribution >= 4 is 16.9 Å². The van der Waals surface area contributed by atoms with E-state index in [1.165, 1.54) is 0 Å². The minimum Gasteiger partial charge on any atom is -0.391 e. The Labute approximate surface area is 112 Å². The number of aliphatic hydroxyl groups is 2. The van der Waals surface area contributed by atoms with Gasteiger partial charge in [-0.05, 0) is 6.92 Å². The summed E-state index contributed by atoms with van der Waals surface area (Å²) in [5, 5.41) is 22.5. The summed E-state index contributed by atoms with van der Waals surface area (Å²) in [4.78, 5) is 4.09. The number of thioether (sulfide) groups is 1. The molecule has 0 radical (unpaired) electrons. The van der Waals surface area contributed by atoms with E-state index in [1.807, 2.05) is 6.92 Å². The third-order valence-corrected chi connectivity index (χ3v) is 4.10. The van der Waals surface area contributed by atoms with Crippen LogP contribution in [0.1, 0.15) is 13.3 Å². The van der Waals surface area contributed by atoms with Crippen LogP contribution in [0.2, 0.25) is 0 Å². The molecule has 0 unspecified atom stereocenters. The van der Waals surface area contributed by atoms with Gasteiger partial charge in [0.1, 0.15) is 5.44 Å². The molecule has 5 nitrogen and oxygen atoms in total. The van der Waals surface area contributed by atoms with Crippen molar-refractivity contribution in [3.63, 3.8) is 0 Å². The molecule has 110 valence electrons. The van der Waals surface area contributed by atoms with Crippen molar-refractivity contribution in [2.45, 2.75) is 49.3 Å². The lowest BCUT2D eigenvalue weighted by Gasteiger charge is -2.37. The molecule has 2 rings (SSSR count). The van der Waals surface area contributed by atoms with Crippen molar-refractivity contribution in [1.82, 2.24) is 5.32 Å². The molecule has 3 N–H and O–H groups in total. The Kier molecular flexibility index (Phi) is 4.29. The topological polar surface area (TPSA) is 74.1 Å². The number of aliphatic imine (C=N–C) groups is 1. The SMILES string of the molecule is CCN=C1N[C@H]2[C@H](O[C@H]([C@@H](O)C(F)(F)F)C[C@@H]2O)S1. The van der Waals surface area contributed by atoms with E-state index < -0.39 is 36.0 Å². The van der Waals surface area contributed by atoms with Crippen molar-refractivity contribution in [1.29, 1.82) is 0 Å². The van der Waals surface area contributed by atoms with Crippen molar-refractivity contribution < 1.29 is 28.1 Å². The minimum absolute atomic E-state index is 0.269. The number of fused-ring (bicyclic) bond motifs is 1. The van der Waals surface area contributed by atoms with E-state index in [1.54, 1.807) is 0 Å². The van der Waals surface area contributed by atoms with Crippen molar-refractivity contribution in [2.24, 2.45) is 4.99 Å². The number of nitrogens with zero attached hydrogens (tertiary/aromatic N) is 1. The monoisotopic (exact) mass is 300 g/mol. The Morgan fingerprint density at radius 3 is 2.84 bits per heavy atom. The molecular formula is C10H15F3N2O3S. The molecule has 0 aliphatic carbocycles. The molecule has 0 amide bonds. The molecular weight excluding hydrogens is 285 g/mol. The standard InChI is InChI=1S/C10H15F3N2O3S/c1-2-14-9-15-6-4(16)3-5(18-8(6)19-9)7(17)10(11,12)13/h4-8,16-17H,2-3H2,1H3,(H,14,15)/t4-,5-,6+,7+,8+/m0/s1. The molecule has 2 heterocycles. The van der Waals surface area contributed by atoms with E-state index in [9.17, 15) is 23.4 Å². The maximum absolute atomic E-state index is 12.4. The molecule has 0 spiro atoms. The van der Waals surface area contributed by atoms with Crippen LogP contribution in [0, 0.1) is 0 Å². The first-order valence-electron chi connectivity index (χ1n) is 5.89. The molecule has 9 heteroatoms. The number of hydrogen-bond acceptors (Lipinski definition) is 5. The maximum Gasteiger partial charge on any atom is 0.416 e. The number of ether oxygens (including phenoxy) is 1. The fraction of sp³-hybridized carbons (Fsp3) is 0.900. The molecule has 5 atom stereocenters. The van der Waals surface area contributed by atoms with E-state index in [0.717, 1.165) is 11.8 Å². The number of rotatable bonds is 2. The zero-order valence-corrected chi connectivity index (χ0v) is 10.9. The van der Waals surface area contributed by atoms with Gasteiger partial charge in [-0.15, -0.1) is 0 Å². The smallest absolute Gasteiger partial charge is 0.391 e. The van der Waals surface area contributed by atoms with Gasteiger partial charge >= 0.3 is 6.18 Å². The summed E-state index contributed by atoms with van der Waals surface area (Å²) >= 11 is 1.13. The average molecular weight is 300 g/mol. The van der Waals surface area contributed by atoms with Crippen LogP contribution in [0.15, 0.2) is 4.99 Å². The molecule has 2 fully saturated rings. The van der Waals surface area contributed by atoms with Gasteiger partial charge in [0.15, 0.2) is 11.3 Å². The molecule has 0 saturated carbocycles. The largest absolute Gasteiger partial charge is 0.416 e. The lowest BCUT2D eigenvalue weighted by Crippen LogP contribution is -2.55. The third kappa shape index (κ3) is 3.15. The molecule has 0 aromatic rings. The molecule has 2 saturated heterocycles. The molecule has 0 bridgehead atoms. The van der Waals surface area contributed by atoms with E-state index in [0.29, 0.717) is 11.7 Å². The van der Waals surface area contributed by atoms with Gasteiger partial charge in [0.25, 0.3) is 0 Å². The number of halogens is 3. The highest BCUT2D eigenvalue weighted by atomic mass is 32.2. The van der Waals surface area contributed by atoms with Gasteiger partial charge in [0.05, 0.1) is 18.2 Å². The van der Waals surface area contributed by atoms with Gasteiger partial charge in [-0.25, -0.2) is 0 Å². The van der Waals surface area contributed by atoms with Gasteiger partial charge in [0, 0.05) is 13.0 Å². The quantitative estimate of drug-likeness (QED) is 0.691. The van der Waals surface area contributed by atoms with Crippen LogP contribution in [0.3, 0.4) is 0 Å². The lowest BCUT2D eigenvalue weighted by atomic mass is 9.98. The van der Waals surface area contributed by atoms with Crippen LogP contribution in [0.25, 0.3) is 0 Å². The van der Waals surface area contributed by atoms with E-state index in [-0.39, 0.29) is 6.42 Å². The Morgan fingerprint density at radius 1 is 1.58 bits per heavy atom. The van der Waals surface area contributed by atoms with Crippen molar-refractivity contribution in [3.05, 3.63) is 0 Å². The molecule has 0 aromatic heterocycles. The van der Waals surface area contributed by atoms with Crippen molar-refractivity contribution in [2.75, 3.05) is 6.54 Å². The maximum atomic E-state index is 12.4. The molecule has 2 aliphatic rings. The average Bonchev–Trinajstić information content (AvgIpc) is 2.70. The Morgan fingerprint density at radius 2 is 2.26 bits per heavy atom. The Bertz CT molecular complexity index is 366. The number of amidine groups is 1. The van der Waals surface area contributed by atoms with E-state index in [4.69, 9.17) is 4.74 Å². The molecule has 2 aliphatic heterocycles. The summed E-state index contributed by atoms with van der Waals surface area (Å²) in [5.74, 6) is 0. The summed E-state index contributed by atoms with van der Waals surface area (Å²) < 4.78 is 42.6. The summed E-state index contributed by atoms with van der Waals surface area (Å²) in [6.07, 6.45) is -10.1. The highest BCUT2D eigenvalue weighted by Gasteiger charge is 2.51. The van der Waals surface area contributed by atoms with E-state index in [2.05, 4.69) is 10.3 Å². The number of aliphatic hydroxyl groups excluding tert-OH is 2. The first-order valence-corrected chi connectivity index (χ1v) is 6.77. The predicted octanol–water partition coefficient (Wildman–Crippen LogP) is 0.466. The number of nitrogens with one attached hydrogen (secondary N) is 1. The lowest BCUT2D eigenvalue weighted by molar-refractivity contribution is -0.250. The Hall–Kier alpha value is -0.510. The summed E-state index contributed by atoms with van der Waals surface area (Å²) in [6, 6.07) is -0.494. The Balaban J connectivity index is 2.06. The second kappa shape index (κ2) is 5.47. The van der Waals surface area contributed by atoms with Crippen LogP contribution in [0.4, 0.5) is 13.2 Å². The molecule has 19 heavy (non-hydrogen) atoms. The van der Waals surface area contributed by atoms with Gasteiger partial charge < -0.3 is 20.3 Å². The van der Waals surface area contributed by atoms with Crippen LogP contribution in [-0.2, 0) is 4.74 Å². The third-order valence-electron chi connectivity index (χ3n) is 3.00. The van der Waals surface area contributed by atoms with E-state index >= 15 is 0 Å². The van der Waals surface area contributed by atoms with Crippen LogP contribution in [-0.4, -0.2) is 57.9 Å². The molecule has 0 aromatic carbocycles. The second-order valence-electron chi connectivity index (χ2n) is 4.40. The summed E-state index contributed by atoms with van der Waals surface area (Å²) in [6.45, 7) is 2.35. The second-order valence-corrected chi connectivity index (χ2v) is 5.49. The van der Waals surface area contributed by atoms with Crippen LogP contribution in [0.5, 0.6) is 0 Å². The number of alkyl halides is 3. The minimum atomic E-state index is -4.76. The predicted molar refractivity (Wildman–Crippen MR) is 63.8 cm³/mol. The first-order chi connectivity index (χ1) is 8.82. The summed E-state index contributed by atoms with van der Waals surface area (Å²) in [7, 11) is 0. The zero-order valence-electron chi connectivity index (χ0n) is 10.1. The van der Waals surface area contributed by atoms with Gasteiger partial charge in [0.2, 0.25) is 0 Å². The van der Waals surface area contributed by atoms with Crippen molar-refractivity contribution in [3.8, 4) is 0 Å². The summed E-state index contributed by atoms with van der Waals surface area (Å²) in [5.41, 5.74) is -0.670. The van der Waals surface area contributed by atoms with Gasteiger partial charge in [-0.1, -0.05) is 11.8 Å².